The molecule has 1 aromatic carbocycles. The van der Waals surface area contributed by atoms with Gasteiger partial charge in [0.2, 0.25) is 0 Å². The minimum absolute atomic E-state index is 0.312. The molecule has 0 atom stereocenters. The minimum Gasteiger partial charge on any atom is -0.478 e. The van der Waals surface area contributed by atoms with Crippen LogP contribution in [0.5, 0.6) is 0 Å². The molecule has 1 aromatic heterocycles. The second-order valence-corrected chi connectivity index (χ2v) is 6.11. The zero-order chi connectivity index (χ0) is 14.3. The molecule has 1 fully saturated rings. The van der Waals surface area contributed by atoms with E-state index >= 15 is 0 Å². The van der Waals surface area contributed by atoms with Crippen molar-refractivity contribution in [1.82, 2.24) is 9.55 Å². The highest BCUT2D eigenvalue weighted by Crippen LogP contribution is 2.37. The fraction of sp³-hybridized carbons (Fsp3) is 0.500. The first kappa shape index (κ1) is 13.2. The Bertz CT molecular complexity index is 654. The van der Waals surface area contributed by atoms with Crippen LogP contribution in [0.2, 0.25) is 0 Å². The van der Waals surface area contributed by atoms with Crippen LogP contribution in [-0.4, -0.2) is 20.6 Å². The zero-order valence-corrected chi connectivity index (χ0v) is 12.0. The fourth-order valence-electron chi connectivity index (χ4n) is 2.82. The number of aromatic nitrogens is 2. The Kier molecular flexibility index (Phi) is 3.24. The van der Waals surface area contributed by atoms with Crippen molar-refractivity contribution in [3.8, 4) is 0 Å². The van der Waals surface area contributed by atoms with Crippen molar-refractivity contribution < 1.29 is 9.90 Å². The van der Waals surface area contributed by atoms with Crippen LogP contribution in [0.15, 0.2) is 18.2 Å². The molecule has 106 valence electrons. The highest BCUT2D eigenvalue weighted by Gasteiger charge is 2.26. The average molecular weight is 272 g/mol. The highest BCUT2D eigenvalue weighted by molar-refractivity contribution is 5.92. The third kappa shape index (κ3) is 2.19. The summed E-state index contributed by atoms with van der Waals surface area (Å²) in [6, 6.07) is 5.26. The number of nitrogens with zero attached hydrogens (tertiary/aromatic N) is 2. The van der Waals surface area contributed by atoms with Gasteiger partial charge in [-0.2, -0.15) is 0 Å². The van der Waals surface area contributed by atoms with Gasteiger partial charge in [0.25, 0.3) is 0 Å². The number of carboxylic acid groups (broad SMARTS) is 1. The molecule has 0 radical (unpaired) electrons. The van der Waals surface area contributed by atoms with Crippen molar-refractivity contribution >= 4 is 17.0 Å². The molecule has 4 nitrogen and oxygen atoms in total. The molecule has 0 unspecified atom stereocenters. The van der Waals surface area contributed by atoms with Crippen LogP contribution in [0.4, 0.5) is 0 Å². The summed E-state index contributed by atoms with van der Waals surface area (Å²) in [5.41, 5.74) is 2.19. The largest absolute Gasteiger partial charge is 0.478 e. The molecule has 1 saturated carbocycles. The summed E-state index contributed by atoms with van der Waals surface area (Å²) in [5.74, 6) is 1.35. The van der Waals surface area contributed by atoms with E-state index in [1.165, 1.54) is 19.3 Å². The molecular weight excluding hydrogens is 252 g/mol. The molecule has 0 amide bonds. The van der Waals surface area contributed by atoms with Crippen LogP contribution in [0.1, 0.15) is 55.2 Å². The maximum absolute atomic E-state index is 11.1. The average Bonchev–Trinajstić information content (AvgIpc) is 2.64. The predicted molar refractivity (Wildman–Crippen MR) is 78.1 cm³/mol. The number of hydrogen-bond donors (Lipinski definition) is 1. The first-order valence-electron chi connectivity index (χ1n) is 7.29. The van der Waals surface area contributed by atoms with Crippen LogP contribution in [0, 0.1) is 5.92 Å². The topological polar surface area (TPSA) is 55.1 Å². The SMILES string of the molecule is CC(C)Cn1c(C2CCC2)nc2cc(C(=O)O)ccc21. The summed E-state index contributed by atoms with van der Waals surface area (Å²) >= 11 is 0. The van der Waals surface area contributed by atoms with E-state index in [0.29, 0.717) is 17.4 Å². The van der Waals surface area contributed by atoms with E-state index in [4.69, 9.17) is 10.1 Å². The first-order valence-corrected chi connectivity index (χ1v) is 7.29. The quantitative estimate of drug-likeness (QED) is 0.924. The molecule has 20 heavy (non-hydrogen) atoms. The monoisotopic (exact) mass is 272 g/mol. The van der Waals surface area contributed by atoms with Gasteiger partial charge in [0.05, 0.1) is 16.6 Å². The van der Waals surface area contributed by atoms with E-state index in [-0.39, 0.29) is 0 Å². The maximum atomic E-state index is 11.1. The summed E-state index contributed by atoms with van der Waals surface area (Å²) in [6.45, 7) is 5.33. The smallest absolute Gasteiger partial charge is 0.335 e. The van der Waals surface area contributed by atoms with E-state index in [1.807, 2.05) is 6.07 Å². The standard InChI is InChI=1S/C16H20N2O2/c1-10(2)9-18-14-7-6-12(16(19)20)8-13(14)17-15(18)11-4-3-5-11/h6-8,10-11H,3-5,9H2,1-2H3,(H,19,20). The number of fused-ring (bicyclic) bond motifs is 1. The maximum Gasteiger partial charge on any atom is 0.335 e. The normalized spacial score (nSPS) is 15.8. The summed E-state index contributed by atoms with van der Waals surface area (Å²) in [6.07, 6.45) is 3.68. The molecule has 0 aliphatic heterocycles. The lowest BCUT2D eigenvalue weighted by Crippen LogP contribution is -2.17. The van der Waals surface area contributed by atoms with Gasteiger partial charge < -0.3 is 9.67 Å². The molecule has 1 aliphatic carbocycles. The molecule has 2 aromatic rings. The summed E-state index contributed by atoms with van der Waals surface area (Å²) in [5, 5.41) is 9.10. The second-order valence-electron chi connectivity index (χ2n) is 6.11. The lowest BCUT2D eigenvalue weighted by atomic mass is 9.85. The molecule has 4 heteroatoms. The Morgan fingerprint density at radius 3 is 2.75 bits per heavy atom. The van der Waals surface area contributed by atoms with Gasteiger partial charge in [-0.3, -0.25) is 0 Å². The molecule has 3 rings (SSSR count). The van der Waals surface area contributed by atoms with Crippen LogP contribution in [-0.2, 0) is 6.54 Å². The molecule has 1 N–H and O–H groups in total. The second kappa shape index (κ2) is 4.93. The van der Waals surface area contributed by atoms with Crippen molar-refractivity contribution in [3.63, 3.8) is 0 Å². The fourth-order valence-corrected chi connectivity index (χ4v) is 2.82. The molecule has 1 heterocycles. The van der Waals surface area contributed by atoms with E-state index in [2.05, 4.69) is 18.4 Å². The Labute approximate surface area is 118 Å². The van der Waals surface area contributed by atoms with Crippen LogP contribution in [0.25, 0.3) is 11.0 Å². The third-order valence-electron chi connectivity index (χ3n) is 4.04. The summed E-state index contributed by atoms with van der Waals surface area (Å²) in [4.78, 5) is 15.8. The van der Waals surface area contributed by atoms with Crippen LogP contribution >= 0.6 is 0 Å². The van der Waals surface area contributed by atoms with Gasteiger partial charge in [-0.15, -0.1) is 0 Å². The van der Waals surface area contributed by atoms with Crippen molar-refractivity contribution in [2.45, 2.75) is 45.6 Å². The summed E-state index contributed by atoms with van der Waals surface area (Å²) < 4.78 is 2.29. The molecule has 1 aliphatic rings. The van der Waals surface area contributed by atoms with Crippen molar-refractivity contribution in [2.75, 3.05) is 0 Å². The highest BCUT2D eigenvalue weighted by atomic mass is 16.4. The predicted octanol–water partition coefficient (Wildman–Crippen LogP) is 3.66. The molecule has 0 saturated heterocycles. The van der Waals surface area contributed by atoms with Gasteiger partial charge in [-0.1, -0.05) is 20.3 Å². The Hall–Kier alpha value is -1.84. The number of carbonyl (C=O) groups is 1. The molecule has 0 bridgehead atoms. The van der Waals surface area contributed by atoms with Gasteiger partial charge in [0.15, 0.2) is 0 Å². The van der Waals surface area contributed by atoms with Gasteiger partial charge in [-0.05, 0) is 37.0 Å². The molecule has 0 spiro atoms. The Balaban J connectivity index is 2.12. The third-order valence-corrected chi connectivity index (χ3v) is 4.04. The van der Waals surface area contributed by atoms with E-state index < -0.39 is 5.97 Å². The Morgan fingerprint density at radius 2 is 2.20 bits per heavy atom. The van der Waals surface area contributed by atoms with E-state index in [1.54, 1.807) is 12.1 Å². The van der Waals surface area contributed by atoms with Crippen molar-refractivity contribution in [3.05, 3.63) is 29.6 Å². The zero-order valence-electron chi connectivity index (χ0n) is 12.0. The van der Waals surface area contributed by atoms with Gasteiger partial charge in [0.1, 0.15) is 5.82 Å². The number of benzene rings is 1. The Morgan fingerprint density at radius 1 is 1.45 bits per heavy atom. The van der Waals surface area contributed by atoms with Crippen LogP contribution in [0.3, 0.4) is 0 Å². The number of hydrogen-bond acceptors (Lipinski definition) is 2. The van der Waals surface area contributed by atoms with Crippen molar-refractivity contribution in [1.29, 1.82) is 0 Å². The number of rotatable bonds is 4. The number of carboxylic acids is 1. The lowest BCUT2D eigenvalue weighted by molar-refractivity contribution is 0.0697. The van der Waals surface area contributed by atoms with Crippen LogP contribution < -0.4 is 0 Å². The number of aromatic carboxylic acids is 1. The van der Waals surface area contributed by atoms with Crippen molar-refractivity contribution in [2.24, 2.45) is 5.92 Å². The van der Waals surface area contributed by atoms with Gasteiger partial charge in [0, 0.05) is 12.5 Å². The summed E-state index contributed by atoms with van der Waals surface area (Å²) in [7, 11) is 0. The van der Waals surface area contributed by atoms with E-state index in [0.717, 1.165) is 23.4 Å². The first-order chi connectivity index (χ1) is 9.56. The lowest BCUT2D eigenvalue weighted by Gasteiger charge is -2.26. The van der Waals surface area contributed by atoms with Gasteiger partial charge in [-0.25, -0.2) is 9.78 Å². The van der Waals surface area contributed by atoms with E-state index in [9.17, 15) is 4.79 Å². The van der Waals surface area contributed by atoms with Gasteiger partial charge >= 0.3 is 5.97 Å². The number of imidazole rings is 1. The molecular formula is C16H20N2O2. The minimum atomic E-state index is -0.893.